The second-order valence-corrected chi connectivity index (χ2v) is 3.57. The number of carbonyl (C=O) groups is 1. The highest BCUT2D eigenvalue weighted by atomic mass is 16.1. The maximum Gasteiger partial charge on any atom is 0.258 e. The van der Waals surface area contributed by atoms with Crippen LogP contribution in [0.1, 0.15) is 16.1 Å². The Hall–Kier alpha value is -2.37. The molecular weight excluding hydrogens is 218 g/mol. The number of nitrogens with zero attached hydrogens (tertiary/aromatic N) is 2. The normalized spacial score (nSPS) is 10.0. The molecular formula is C11H13N5O. The van der Waals surface area contributed by atoms with Crippen molar-refractivity contribution >= 4 is 17.5 Å². The molecule has 0 bridgehead atoms. The van der Waals surface area contributed by atoms with Gasteiger partial charge < -0.3 is 10.6 Å². The van der Waals surface area contributed by atoms with Crippen molar-refractivity contribution in [3.8, 4) is 0 Å². The number of amides is 1. The maximum absolute atomic E-state index is 11.8. The molecule has 88 valence electrons. The number of hydrogen-bond acceptors (Lipinski definition) is 4. The topological polar surface area (TPSA) is 82.7 Å². The second-order valence-electron chi connectivity index (χ2n) is 3.57. The molecule has 6 nitrogen and oxygen atoms in total. The van der Waals surface area contributed by atoms with Gasteiger partial charge in [0.2, 0.25) is 0 Å². The Bertz CT molecular complexity index is 517. The van der Waals surface area contributed by atoms with Crippen LogP contribution in [0.4, 0.5) is 11.6 Å². The van der Waals surface area contributed by atoms with E-state index < -0.39 is 0 Å². The van der Waals surface area contributed by atoms with Crippen molar-refractivity contribution in [3.05, 3.63) is 35.7 Å². The fourth-order valence-electron chi connectivity index (χ4n) is 1.35. The van der Waals surface area contributed by atoms with E-state index in [2.05, 4.69) is 25.8 Å². The van der Waals surface area contributed by atoms with E-state index in [1.807, 2.05) is 6.92 Å². The lowest BCUT2D eigenvalue weighted by molar-refractivity contribution is 0.102. The first-order chi connectivity index (χ1) is 8.19. The number of nitrogens with one attached hydrogen (secondary N) is 3. The summed E-state index contributed by atoms with van der Waals surface area (Å²) < 4.78 is 0. The van der Waals surface area contributed by atoms with Crippen LogP contribution in [-0.4, -0.2) is 28.1 Å². The Labute approximate surface area is 98.5 Å². The molecule has 0 aliphatic rings. The van der Waals surface area contributed by atoms with Crippen molar-refractivity contribution in [1.82, 2.24) is 15.2 Å². The summed E-state index contributed by atoms with van der Waals surface area (Å²) >= 11 is 0. The number of pyridine rings is 1. The van der Waals surface area contributed by atoms with Crippen LogP contribution >= 0.6 is 0 Å². The van der Waals surface area contributed by atoms with Gasteiger partial charge in [0.25, 0.3) is 5.91 Å². The van der Waals surface area contributed by atoms with E-state index in [9.17, 15) is 4.79 Å². The van der Waals surface area contributed by atoms with Gasteiger partial charge in [0.1, 0.15) is 5.82 Å². The average Bonchev–Trinajstić information content (AvgIpc) is 2.75. The van der Waals surface area contributed by atoms with Crippen LogP contribution in [0.2, 0.25) is 0 Å². The van der Waals surface area contributed by atoms with E-state index in [0.29, 0.717) is 11.4 Å². The van der Waals surface area contributed by atoms with Crippen molar-refractivity contribution < 1.29 is 4.79 Å². The lowest BCUT2D eigenvalue weighted by Gasteiger charge is -2.02. The summed E-state index contributed by atoms with van der Waals surface area (Å²) in [5, 5.41) is 12.2. The zero-order chi connectivity index (χ0) is 12.3. The molecule has 17 heavy (non-hydrogen) atoms. The zero-order valence-electron chi connectivity index (χ0n) is 9.61. The standard InChI is InChI=1S/C11H13N5O/c1-7-5-10(16-15-7)14-11(17)8-3-4-9(12-2)13-6-8/h3-6H,1-2H3,(H,12,13)(H2,14,15,16,17). The Morgan fingerprint density at radius 2 is 2.18 bits per heavy atom. The van der Waals surface area contributed by atoms with Gasteiger partial charge in [-0.25, -0.2) is 4.98 Å². The number of aryl methyl sites for hydroxylation is 1. The summed E-state index contributed by atoms with van der Waals surface area (Å²) in [7, 11) is 1.77. The molecule has 0 aliphatic carbocycles. The van der Waals surface area contributed by atoms with Gasteiger partial charge in [-0.15, -0.1) is 0 Å². The number of anilines is 2. The predicted octanol–water partition coefficient (Wildman–Crippen LogP) is 1.41. The van der Waals surface area contributed by atoms with Crippen molar-refractivity contribution in [2.75, 3.05) is 17.7 Å². The summed E-state index contributed by atoms with van der Waals surface area (Å²) in [6, 6.07) is 5.20. The van der Waals surface area contributed by atoms with E-state index in [0.717, 1.165) is 11.5 Å². The highest BCUT2D eigenvalue weighted by Gasteiger charge is 2.08. The van der Waals surface area contributed by atoms with Crippen molar-refractivity contribution in [2.24, 2.45) is 0 Å². The Morgan fingerprint density at radius 3 is 2.71 bits per heavy atom. The fourth-order valence-corrected chi connectivity index (χ4v) is 1.35. The number of H-pyrrole nitrogens is 1. The second kappa shape index (κ2) is 4.65. The Morgan fingerprint density at radius 1 is 1.35 bits per heavy atom. The molecule has 0 aromatic carbocycles. The molecule has 0 radical (unpaired) electrons. The van der Waals surface area contributed by atoms with Crippen LogP contribution in [0.5, 0.6) is 0 Å². The fraction of sp³-hybridized carbons (Fsp3) is 0.182. The van der Waals surface area contributed by atoms with Crippen LogP contribution in [-0.2, 0) is 0 Å². The molecule has 0 saturated carbocycles. The van der Waals surface area contributed by atoms with Gasteiger partial charge in [0, 0.05) is 25.0 Å². The minimum Gasteiger partial charge on any atom is -0.373 e. The summed E-state index contributed by atoms with van der Waals surface area (Å²) in [4.78, 5) is 15.9. The molecule has 1 amide bonds. The zero-order valence-corrected chi connectivity index (χ0v) is 9.61. The van der Waals surface area contributed by atoms with Crippen LogP contribution < -0.4 is 10.6 Å². The highest BCUT2D eigenvalue weighted by Crippen LogP contribution is 2.08. The van der Waals surface area contributed by atoms with Crippen molar-refractivity contribution in [1.29, 1.82) is 0 Å². The van der Waals surface area contributed by atoms with Gasteiger partial charge in [-0.1, -0.05) is 0 Å². The molecule has 6 heteroatoms. The van der Waals surface area contributed by atoms with E-state index in [1.54, 1.807) is 25.2 Å². The molecule has 2 aromatic rings. The number of carbonyl (C=O) groups excluding carboxylic acids is 1. The maximum atomic E-state index is 11.8. The number of rotatable bonds is 3. The predicted molar refractivity (Wildman–Crippen MR) is 65.1 cm³/mol. The van der Waals surface area contributed by atoms with Crippen molar-refractivity contribution in [2.45, 2.75) is 6.92 Å². The van der Waals surface area contributed by atoms with Gasteiger partial charge in [-0.2, -0.15) is 5.10 Å². The Kier molecular flexibility index (Phi) is 3.04. The molecule has 3 N–H and O–H groups in total. The molecule has 0 spiro atoms. The molecule has 2 heterocycles. The molecule has 0 fully saturated rings. The van der Waals surface area contributed by atoms with E-state index in [-0.39, 0.29) is 5.91 Å². The third-order valence-electron chi connectivity index (χ3n) is 2.23. The largest absolute Gasteiger partial charge is 0.373 e. The van der Waals surface area contributed by atoms with E-state index >= 15 is 0 Å². The first-order valence-electron chi connectivity index (χ1n) is 5.16. The van der Waals surface area contributed by atoms with Crippen LogP contribution in [0.25, 0.3) is 0 Å². The van der Waals surface area contributed by atoms with Crippen molar-refractivity contribution in [3.63, 3.8) is 0 Å². The Balaban J connectivity index is 2.09. The van der Waals surface area contributed by atoms with Gasteiger partial charge in [0.05, 0.1) is 5.56 Å². The van der Waals surface area contributed by atoms with Gasteiger partial charge in [-0.3, -0.25) is 9.89 Å². The SMILES string of the molecule is CNc1ccc(C(=O)Nc2cc(C)[nH]n2)cn1. The van der Waals surface area contributed by atoms with Gasteiger partial charge in [-0.05, 0) is 19.1 Å². The van der Waals surface area contributed by atoms with E-state index in [4.69, 9.17) is 0 Å². The summed E-state index contributed by atoms with van der Waals surface area (Å²) in [5.74, 6) is 0.994. The first kappa shape index (κ1) is 11.1. The summed E-state index contributed by atoms with van der Waals surface area (Å²) in [5.41, 5.74) is 1.38. The average molecular weight is 231 g/mol. The molecule has 2 rings (SSSR count). The minimum atomic E-state index is -0.230. The summed E-state index contributed by atoms with van der Waals surface area (Å²) in [6.45, 7) is 1.87. The van der Waals surface area contributed by atoms with E-state index in [1.165, 1.54) is 6.20 Å². The molecule has 2 aromatic heterocycles. The lowest BCUT2D eigenvalue weighted by Crippen LogP contribution is -2.12. The number of aromatic nitrogens is 3. The third-order valence-corrected chi connectivity index (χ3v) is 2.23. The smallest absolute Gasteiger partial charge is 0.258 e. The van der Waals surface area contributed by atoms with Crippen LogP contribution in [0.3, 0.4) is 0 Å². The third kappa shape index (κ3) is 2.60. The summed E-state index contributed by atoms with van der Waals surface area (Å²) in [6.07, 6.45) is 1.51. The minimum absolute atomic E-state index is 0.230. The quantitative estimate of drug-likeness (QED) is 0.745. The number of aromatic amines is 1. The lowest BCUT2D eigenvalue weighted by atomic mass is 10.2. The molecule has 0 unspecified atom stereocenters. The van der Waals surface area contributed by atoms with Crippen LogP contribution in [0, 0.1) is 6.92 Å². The van der Waals surface area contributed by atoms with Crippen LogP contribution in [0.15, 0.2) is 24.4 Å². The number of hydrogen-bond donors (Lipinski definition) is 3. The first-order valence-corrected chi connectivity index (χ1v) is 5.16. The molecule has 0 saturated heterocycles. The molecule has 0 atom stereocenters. The highest BCUT2D eigenvalue weighted by molar-refractivity contribution is 6.03. The van der Waals surface area contributed by atoms with Gasteiger partial charge in [0.15, 0.2) is 5.82 Å². The monoisotopic (exact) mass is 231 g/mol. The molecule has 0 aliphatic heterocycles. The van der Waals surface area contributed by atoms with Gasteiger partial charge >= 0.3 is 0 Å².